The average molecular weight is 206 g/mol. The van der Waals surface area contributed by atoms with Crippen molar-refractivity contribution in [2.45, 2.75) is 37.9 Å². The number of phenolic OH excluding ortho intramolecular Hbond substituents is 1. The molecule has 4 N–H and O–H groups in total. The van der Waals surface area contributed by atoms with Crippen LogP contribution >= 0.6 is 0 Å². The Labute approximate surface area is 90.3 Å². The molecule has 1 aliphatic rings. The van der Waals surface area contributed by atoms with Crippen molar-refractivity contribution in [3.63, 3.8) is 0 Å². The van der Waals surface area contributed by atoms with E-state index in [9.17, 15) is 5.11 Å². The highest BCUT2D eigenvalue weighted by Gasteiger charge is 2.20. The molecule has 0 aromatic heterocycles. The van der Waals surface area contributed by atoms with E-state index in [1.165, 1.54) is 0 Å². The number of para-hydroxylation sites is 1. The molecule has 1 saturated carbocycles. The molecule has 0 bridgehead atoms. The molecule has 0 heterocycles. The number of rotatable bonds is 3. The highest BCUT2D eigenvalue weighted by molar-refractivity contribution is 5.31. The van der Waals surface area contributed by atoms with Gasteiger partial charge in [0.15, 0.2) is 0 Å². The summed E-state index contributed by atoms with van der Waals surface area (Å²) in [5.74, 6) is 0.368. The van der Waals surface area contributed by atoms with E-state index in [-0.39, 0.29) is 0 Å². The monoisotopic (exact) mass is 206 g/mol. The minimum atomic E-state index is 0.354. The molecule has 3 heteroatoms. The molecule has 1 fully saturated rings. The fourth-order valence-electron chi connectivity index (χ4n) is 2.12. The maximum Gasteiger partial charge on any atom is 0.120 e. The first-order chi connectivity index (χ1) is 7.25. The largest absolute Gasteiger partial charge is 0.508 e. The zero-order chi connectivity index (χ0) is 10.7. The van der Waals surface area contributed by atoms with Crippen molar-refractivity contribution in [3.8, 4) is 5.75 Å². The van der Waals surface area contributed by atoms with Gasteiger partial charge in [-0.1, -0.05) is 18.2 Å². The van der Waals surface area contributed by atoms with E-state index in [1.807, 2.05) is 18.2 Å². The maximum atomic E-state index is 9.57. The Bertz CT molecular complexity index is 327. The fourth-order valence-corrected chi connectivity index (χ4v) is 2.12. The maximum absolute atomic E-state index is 9.57. The molecule has 1 aromatic rings. The summed E-state index contributed by atoms with van der Waals surface area (Å²) in [6.07, 6.45) is 3.31. The second-order valence-corrected chi connectivity index (χ2v) is 4.28. The van der Waals surface area contributed by atoms with E-state index in [2.05, 4.69) is 5.32 Å². The van der Waals surface area contributed by atoms with Crippen molar-refractivity contribution in [3.05, 3.63) is 29.8 Å². The summed E-state index contributed by atoms with van der Waals surface area (Å²) in [4.78, 5) is 0. The fraction of sp³-hybridized carbons (Fsp3) is 0.500. The van der Waals surface area contributed by atoms with Crippen LogP contribution in [0.2, 0.25) is 0 Å². The Morgan fingerprint density at radius 2 is 2.13 bits per heavy atom. The number of nitrogens with one attached hydrogen (secondary N) is 1. The van der Waals surface area contributed by atoms with Gasteiger partial charge in [-0.25, -0.2) is 0 Å². The van der Waals surface area contributed by atoms with Gasteiger partial charge in [0, 0.05) is 24.2 Å². The number of hydrogen-bond acceptors (Lipinski definition) is 3. The lowest BCUT2D eigenvalue weighted by molar-refractivity contribution is 0.455. The second kappa shape index (κ2) is 4.64. The van der Waals surface area contributed by atoms with Crippen LogP contribution in [0.1, 0.15) is 24.8 Å². The lowest BCUT2D eigenvalue weighted by Gasteiger charge is -2.12. The van der Waals surface area contributed by atoms with Gasteiger partial charge in [-0.2, -0.15) is 0 Å². The Hall–Kier alpha value is -1.06. The van der Waals surface area contributed by atoms with Crippen LogP contribution < -0.4 is 11.1 Å². The highest BCUT2D eigenvalue weighted by Crippen LogP contribution is 2.19. The number of benzene rings is 1. The predicted octanol–water partition coefficient (Wildman–Crippen LogP) is 1.36. The minimum absolute atomic E-state index is 0.354. The number of hydrogen-bond donors (Lipinski definition) is 3. The minimum Gasteiger partial charge on any atom is -0.508 e. The third-order valence-corrected chi connectivity index (χ3v) is 3.05. The standard InChI is InChI=1S/C12H18N2O/c13-10-5-6-11(7-10)14-8-9-3-1-2-4-12(9)15/h1-4,10-11,14-15H,5-8,13H2. The molecule has 1 aliphatic carbocycles. The van der Waals surface area contributed by atoms with E-state index in [0.717, 1.165) is 31.4 Å². The lowest BCUT2D eigenvalue weighted by atomic mass is 10.1. The van der Waals surface area contributed by atoms with Gasteiger partial charge in [0.2, 0.25) is 0 Å². The first-order valence-corrected chi connectivity index (χ1v) is 5.51. The molecule has 0 aliphatic heterocycles. The van der Waals surface area contributed by atoms with Crippen LogP contribution in [0.5, 0.6) is 5.75 Å². The normalized spacial score (nSPS) is 25.7. The molecule has 2 atom stereocenters. The SMILES string of the molecule is NC1CCC(NCc2ccccc2O)C1. The van der Waals surface area contributed by atoms with Crippen molar-refractivity contribution in [2.24, 2.45) is 5.73 Å². The van der Waals surface area contributed by atoms with Crippen LogP contribution in [0.15, 0.2) is 24.3 Å². The zero-order valence-corrected chi connectivity index (χ0v) is 8.82. The number of phenols is 1. The topological polar surface area (TPSA) is 58.3 Å². The molecule has 1 aromatic carbocycles. The van der Waals surface area contributed by atoms with Crippen molar-refractivity contribution in [1.29, 1.82) is 0 Å². The van der Waals surface area contributed by atoms with Crippen LogP contribution in [-0.4, -0.2) is 17.2 Å². The second-order valence-electron chi connectivity index (χ2n) is 4.28. The Morgan fingerprint density at radius 3 is 2.80 bits per heavy atom. The molecule has 2 rings (SSSR count). The molecular formula is C12H18N2O. The third kappa shape index (κ3) is 2.70. The quantitative estimate of drug-likeness (QED) is 0.700. The van der Waals surface area contributed by atoms with Crippen molar-refractivity contribution < 1.29 is 5.11 Å². The molecular weight excluding hydrogens is 188 g/mol. The van der Waals surface area contributed by atoms with Crippen molar-refractivity contribution in [2.75, 3.05) is 0 Å². The Balaban J connectivity index is 1.86. The van der Waals surface area contributed by atoms with Gasteiger partial charge < -0.3 is 16.2 Å². The molecule has 15 heavy (non-hydrogen) atoms. The zero-order valence-electron chi connectivity index (χ0n) is 8.82. The van der Waals surface area contributed by atoms with Crippen LogP contribution in [0.4, 0.5) is 0 Å². The molecule has 0 saturated heterocycles. The van der Waals surface area contributed by atoms with Crippen molar-refractivity contribution >= 4 is 0 Å². The van der Waals surface area contributed by atoms with Gasteiger partial charge in [0.25, 0.3) is 0 Å². The van der Waals surface area contributed by atoms with Gasteiger partial charge in [-0.15, -0.1) is 0 Å². The summed E-state index contributed by atoms with van der Waals surface area (Å²) in [5.41, 5.74) is 6.79. The van der Waals surface area contributed by atoms with Gasteiger partial charge in [-0.05, 0) is 25.3 Å². The van der Waals surface area contributed by atoms with E-state index >= 15 is 0 Å². The summed E-state index contributed by atoms with van der Waals surface area (Å²) in [5, 5.41) is 13.0. The summed E-state index contributed by atoms with van der Waals surface area (Å²) in [6.45, 7) is 0.726. The molecule has 3 nitrogen and oxygen atoms in total. The molecule has 0 amide bonds. The first-order valence-electron chi connectivity index (χ1n) is 5.51. The molecule has 2 unspecified atom stereocenters. The van der Waals surface area contributed by atoms with E-state index in [1.54, 1.807) is 6.07 Å². The van der Waals surface area contributed by atoms with Crippen LogP contribution in [0.3, 0.4) is 0 Å². The summed E-state index contributed by atoms with van der Waals surface area (Å²) >= 11 is 0. The van der Waals surface area contributed by atoms with E-state index in [4.69, 9.17) is 5.73 Å². The molecule has 0 radical (unpaired) electrons. The van der Waals surface area contributed by atoms with Crippen molar-refractivity contribution in [1.82, 2.24) is 5.32 Å². The van der Waals surface area contributed by atoms with Gasteiger partial charge in [0.05, 0.1) is 0 Å². The van der Waals surface area contributed by atoms with Gasteiger partial charge in [0.1, 0.15) is 5.75 Å². The number of aromatic hydroxyl groups is 1. The van der Waals surface area contributed by atoms with E-state index < -0.39 is 0 Å². The average Bonchev–Trinajstić information content (AvgIpc) is 2.63. The first kappa shape index (κ1) is 10.5. The van der Waals surface area contributed by atoms with E-state index in [0.29, 0.717) is 17.8 Å². The Morgan fingerprint density at radius 1 is 1.33 bits per heavy atom. The predicted molar refractivity (Wildman–Crippen MR) is 60.6 cm³/mol. The smallest absolute Gasteiger partial charge is 0.120 e. The van der Waals surface area contributed by atoms with Crippen LogP contribution in [0.25, 0.3) is 0 Å². The van der Waals surface area contributed by atoms with Crippen LogP contribution in [-0.2, 0) is 6.54 Å². The summed E-state index contributed by atoms with van der Waals surface area (Å²) < 4.78 is 0. The molecule has 82 valence electrons. The summed E-state index contributed by atoms with van der Waals surface area (Å²) in [7, 11) is 0. The number of nitrogens with two attached hydrogens (primary N) is 1. The highest BCUT2D eigenvalue weighted by atomic mass is 16.3. The summed E-state index contributed by atoms with van der Waals surface area (Å²) in [6, 6.07) is 8.31. The van der Waals surface area contributed by atoms with Gasteiger partial charge in [-0.3, -0.25) is 0 Å². The molecule has 0 spiro atoms. The third-order valence-electron chi connectivity index (χ3n) is 3.05. The Kier molecular flexibility index (Phi) is 3.23. The van der Waals surface area contributed by atoms with Crippen LogP contribution in [0, 0.1) is 0 Å². The van der Waals surface area contributed by atoms with Gasteiger partial charge >= 0.3 is 0 Å². The lowest BCUT2D eigenvalue weighted by Crippen LogP contribution is -2.27.